The molecule has 0 amide bonds. The Hall–Kier alpha value is -0.603. The zero-order chi connectivity index (χ0) is 8.97. The van der Waals surface area contributed by atoms with Crippen LogP contribution in [0.5, 0.6) is 0 Å². The molecule has 0 saturated carbocycles. The highest BCUT2D eigenvalue weighted by atomic mass is 28.2. The summed E-state index contributed by atoms with van der Waals surface area (Å²) in [6.07, 6.45) is 0.322. The van der Waals surface area contributed by atoms with Crippen molar-refractivity contribution in [2.75, 3.05) is 0 Å². The SMILES string of the molecule is Cc1ccccc1[Si]OC(C)C. The van der Waals surface area contributed by atoms with E-state index in [-0.39, 0.29) is 0 Å². The van der Waals surface area contributed by atoms with E-state index < -0.39 is 0 Å². The summed E-state index contributed by atoms with van der Waals surface area (Å²) in [7, 11) is 0.484. The Labute approximate surface area is 76.7 Å². The summed E-state index contributed by atoms with van der Waals surface area (Å²) >= 11 is 0. The molecule has 64 valence electrons. The van der Waals surface area contributed by atoms with Crippen LogP contribution in [0.1, 0.15) is 19.4 Å². The highest BCUT2D eigenvalue weighted by molar-refractivity contribution is 6.47. The Morgan fingerprint density at radius 2 is 1.92 bits per heavy atom. The summed E-state index contributed by atoms with van der Waals surface area (Å²) in [6.45, 7) is 6.24. The van der Waals surface area contributed by atoms with Gasteiger partial charge in [-0.15, -0.1) is 0 Å². The lowest BCUT2D eigenvalue weighted by Gasteiger charge is -2.07. The fraction of sp³-hybridized carbons (Fsp3) is 0.400. The van der Waals surface area contributed by atoms with Gasteiger partial charge in [0.25, 0.3) is 9.76 Å². The molecule has 0 aliphatic heterocycles. The third-order valence-electron chi connectivity index (χ3n) is 1.55. The van der Waals surface area contributed by atoms with Crippen molar-refractivity contribution in [3.8, 4) is 0 Å². The maximum atomic E-state index is 5.54. The molecule has 0 heterocycles. The van der Waals surface area contributed by atoms with Crippen LogP contribution in [-0.4, -0.2) is 15.9 Å². The first-order chi connectivity index (χ1) is 5.70. The molecule has 0 spiro atoms. The number of benzene rings is 1. The third kappa shape index (κ3) is 2.79. The van der Waals surface area contributed by atoms with Crippen LogP contribution in [0.2, 0.25) is 0 Å². The number of rotatable bonds is 3. The standard InChI is InChI=1S/C10H14OSi/c1-8(2)11-12-10-7-5-4-6-9(10)3/h4-8H,1-3H3. The van der Waals surface area contributed by atoms with Crippen molar-refractivity contribution in [3.05, 3.63) is 29.8 Å². The Balaban J connectivity index is 2.57. The van der Waals surface area contributed by atoms with Crippen LogP contribution in [0.3, 0.4) is 0 Å². The molecule has 0 aliphatic rings. The van der Waals surface area contributed by atoms with Crippen molar-refractivity contribution in [1.29, 1.82) is 0 Å². The van der Waals surface area contributed by atoms with E-state index in [9.17, 15) is 0 Å². The van der Waals surface area contributed by atoms with Gasteiger partial charge in [-0.3, -0.25) is 0 Å². The molecular formula is C10H14OSi. The van der Waals surface area contributed by atoms with Crippen molar-refractivity contribution in [1.82, 2.24) is 0 Å². The molecule has 0 aromatic heterocycles. The molecular weight excluding hydrogens is 164 g/mol. The summed E-state index contributed by atoms with van der Waals surface area (Å²) in [5, 5.41) is 1.31. The van der Waals surface area contributed by atoms with Gasteiger partial charge in [-0.2, -0.15) is 0 Å². The highest BCUT2D eigenvalue weighted by Crippen LogP contribution is 1.93. The molecule has 1 rings (SSSR count). The van der Waals surface area contributed by atoms with E-state index in [1.54, 1.807) is 0 Å². The van der Waals surface area contributed by atoms with Gasteiger partial charge < -0.3 is 4.43 Å². The average Bonchev–Trinajstić information content (AvgIpc) is 2.03. The molecule has 0 unspecified atom stereocenters. The maximum Gasteiger partial charge on any atom is 0.269 e. The van der Waals surface area contributed by atoms with Gasteiger partial charge >= 0.3 is 0 Å². The minimum absolute atomic E-state index is 0.322. The molecule has 12 heavy (non-hydrogen) atoms. The first kappa shape index (κ1) is 9.48. The Kier molecular flexibility index (Phi) is 3.50. The average molecular weight is 178 g/mol. The minimum Gasteiger partial charge on any atom is -0.409 e. The van der Waals surface area contributed by atoms with Gasteiger partial charge in [0.1, 0.15) is 0 Å². The normalized spacial score (nSPS) is 10.7. The van der Waals surface area contributed by atoms with E-state index in [2.05, 4.69) is 45.0 Å². The number of hydrogen-bond acceptors (Lipinski definition) is 1. The van der Waals surface area contributed by atoms with E-state index in [0.717, 1.165) is 0 Å². The predicted octanol–water partition coefficient (Wildman–Crippen LogP) is 1.66. The molecule has 0 fully saturated rings. The molecule has 1 aromatic carbocycles. The van der Waals surface area contributed by atoms with Gasteiger partial charge in [0.2, 0.25) is 0 Å². The zero-order valence-electron chi connectivity index (χ0n) is 7.79. The van der Waals surface area contributed by atoms with Crippen LogP contribution in [0.4, 0.5) is 0 Å². The Bertz CT molecular complexity index is 245. The molecule has 0 bridgehead atoms. The third-order valence-corrected chi connectivity index (χ3v) is 2.92. The van der Waals surface area contributed by atoms with Crippen molar-refractivity contribution in [3.63, 3.8) is 0 Å². The quantitative estimate of drug-likeness (QED) is 0.640. The van der Waals surface area contributed by atoms with E-state index in [4.69, 9.17) is 4.43 Å². The summed E-state index contributed by atoms with van der Waals surface area (Å²) in [5.41, 5.74) is 1.32. The van der Waals surface area contributed by atoms with Gasteiger partial charge in [-0.25, -0.2) is 0 Å². The van der Waals surface area contributed by atoms with E-state index in [0.29, 0.717) is 15.9 Å². The van der Waals surface area contributed by atoms with Gasteiger partial charge in [0.15, 0.2) is 0 Å². The number of hydrogen-bond donors (Lipinski definition) is 0. The summed E-state index contributed by atoms with van der Waals surface area (Å²) in [5.74, 6) is 0. The van der Waals surface area contributed by atoms with Crippen molar-refractivity contribution in [2.24, 2.45) is 0 Å². The first-order valence-corrected chi connectivity index (χ1v) is 5.08. The largest absolute Gasteiger partial charge is 0.409 e. The van der Waals surface area contributed by atoms with E-state index in [1.165, 1.54) is 10.8 Å². The van der Waals surface area contributed by atoms with Crippen molar-refractivity contribution >= 4 is 14.9 Å². The van der Waals surface area contributed by atoms with Gasteiger partial charge in [-0.1, -0.05) is 24.3 Å². The zero-order valence-corrected chi connectivity index (χ0v) is 8.79. The molecule has 0 N–H and O–H groups in total. The van der Waals surface area contributed by atoms with Crippen LogP contribution < -0.4 is 5.19 Å². The Morgan fingerprint density at radius 1 is 1.25 bits per heavy atom. The lowest BCUT2D eigenvalue weighted by molar-refractivity contribution is 0.260. The second-order valence-corrected chi connectivity index (χ2v) is 4.06. The van der Waals surface area contributed by atoms with Gasteiger partial charge in [0, 0.05) is 6.10 Å². The Morgan fingerprint density at radius 3 is 2.50 bits per heavy atom. The minimum atomic E-state index is 0.322. The predicted molar refractivity (Wildman–Crippen MR) is 52.8 cm³/mol. The monoisotopic (exact) mass is 178 g/mol. The fourth-order valence-corrected chi connectivity index (χ4v) is 1.64. The van der Waals surface area contributed by atoms with Gasteiger partial charge in [0.05, 0.1) is 0 Å². The number of aryl methyl sites for hydroxylation is 1. The molecule has 2 heteroatoms. The van der Waals surface area contributed by atoms with E-state index >= 15 is 0 Å². The molecule has 1 aromatic rings. The molecule has 0 saturated heterocycles. The molecule has 1 nitrogen and oxygen atoms in total. The van der Waals surface area contributed by atoms with Crippen LogP contribution in [0, 0.1) is 6.92 Å². The second kappa shape index (κ2) is 4.43. The molecule has 0 aliphatic carbocycles. The highest BCUT2D eigenvalue weighted by Gasteiger charge is 2.00. The van der Waals surface area contributed by atoms with Crippen LogP contribution in [-0.2, 0) is 4.43 Å². The lowest BCUT2D eigenvalue weighted by atomic mass is 10.2. The first-order valence-electron chi connectivity index (χ1n) is 4.17. The van der Waals surface area contributed by atoms with Crippen LogP contribution in [0.25, 0.3) is 0 Å². The smallest absolute Gasteiger partial charge is 0.269 e. The van der Waals surface area contributed by atoms with E-state index in [1.807, 2.05) is 0 Å². The lowest BCUT2D eigenvalue weighted by Crippen LogP contribution is -2.22. The maximum absolute atomic E-state index is 5.54. The molecule has 0 atom stereocenters. The van der Waals surface area contributed by atoms with Crippen LogP contribution in [0.15, 0.2) is 24.3 Å². The summed E-state index contributed by atoms with van der Waals surface area (Å²) in [4.78, 5) is 0. The summed E-state index contributed by atoms with van der Waals surface area (Å²) < 4.78 is 5.54. The topological polar surface area (TPSA) is 9.23 Å². The van der Waals surface area contributed by atoms with Crippen molar-refractivity contribution in [2.45, 2.75) is 26.9 Å². The second-order valence-electron chi connectivity index (χ2n) is 3.08. The van der Waals surface area contributed by atoms with Crippen molar-refractivity contribution < 1.29 is 4.43 Å². The fourth-order valence-electron chi connectivity index (χ4n) is 0.869. The molecule has 2 radical (unpaired) electrons. The van der Waals surface area contributed by atoms with Crippen LogP contribution >= 0.6 is 0 Å². The summed E-state index contributed by atoms with van der Waals surface area (Å²) in [6, 6.07) is 8.35. The van der Waals surface area contributed by atoms with Gasteiger partial charge in [-0.05, 0) is 31.5 Å².